The smallest absolute Gasteiger partial charge is 0.269 e. The molecule has 2 fully saturated rings. The van der Waals surface area contributed by atoms with Crippen LogP contribution < -0.4 is 19.9 Å². The molecule has 2 saturated heterocycles. The lowest BCUT2D eigenvalue weighted by atomic mass is 10.2. The maximum atomic E-state index is 12.3. The highest BCUT2D eigenvalue weighted by Crippen LogP contribution is 2.29. The molecule has 1 N–H and O–H groups in total. The summed E-state index contributed by atoms with van der Waals surface area (Å²) >= 11 is 0. The summed E-state index contributed by atoms with van der Waals surface area (Å²) in [6.07, 6.45) is 4.00. The standard InChI is InChI=1S/C22H28N4O3/c1-28-21-7-3-2-6-20(21)26-12-10-25(11-13-26)17-8-9-19(23-15-17)22(27)24-16-18-5-4-14-29-18/h2-3,6-9,15,18H,4-5,10-14,16H2,1H3,(H,24,27). The Labute approximate surface area is 171 Å². The molecule has 1 amide bonds. The van der Waals surface area contributed by atoms with Crippen molar-refractivity contribution in [2.45, 2.75) is 18.9 Å². The van der Waals surface area contributed by atoms with Crippen LogP contribution in [-0.4, -0.2) is 63.4 Å². The molecule has 2 aliphatic rings. The zero-order chi connectivity index (χ0) is 20.1. The lowest BCUT2D eigenvalue weighted by molar-refractivity contribution is 0.0853. The van der Waals surface area contributed by atoms with E-state index >= 15 is 0 Å². The van der Waals surface area contributed by atoms with Crippen molar-refractivity contribution in [2.75, 3.05) is 56.2 Å². The third-order valence-corrected chi connectivity index (χ3v) is 5.57. The first kappa shape index (κ1) is 19.5. The van der Waals surface area contributed by atoms with Gasteiger partial charge in [-0.05, 0) is 37.1 Å². The number of carbonyl (C=O) groups excluding carboxylic acids is 1. The van der Waals surface area contributed by atoms with E-state index in [0.29, 0.717) is 12.2 Å². The van der Waals surface area contributed by atoms with Gasteiger partial charge >= 0.3 is 0 Å². The van der Waals surface area contributed by atoms with Gasteiger partial charge in [-0.15, -0.1) is 0 Å². The number of nitrogens with zero attached hydrogens (tertiary/aromatic N) is 3. The summed E-state index contributed by atoms with van der Waals surface area (Å²) in [5.41, 5.74) is 2.62. The molecular weight excluding hydrogens is 368 g/mol. The average Bonchev–Trinajstić information content (AvgIpc) is 3.31. The van der Waals surface area contributed by atoms with Gasteiger partial charge in [-0.1, -0.05) is 12.1 Å². The molecule has 0 saturated carbocycles. The number of pyridine rings is 1. The van der Waals surface area contributed by atoms with E-state index in [1.54, 1.807) is 19.4 Å². The van der Waals surface area contributed by atoms with Crippen molar-refractivity contribution in [3.63, 3.8) is 0 Å². The monoisotopic (exact) mass is 396 g/mol. The van der Waals surface area contributed by atoms with Gasteiger partial charge in [-0.25, -0.2) is 4.98 Å². The van der Waals surface area contributed by atoms with Crippen LogP contribution in [0.5, 0.6) is 5.75 Å². The molecular formula is C22H28N4O3. The van der Waals surface area contributed by atoms with Crippen LogP contribution in [0.4, 0.5) is 11.4 Å². The van der Waals surface area contributed by atoms with Gasteiger partial charge in [0.15, 0.2) is 0 Å². The molecule has 0 bridgehead atoms. The van der Waals surface area contributed by atoms with Gasteiger partial charge in [-0.2, -0.15) is 0 Å². The highest BCUT2D eigenvalue weighted by Gasteiger charge is 2.21. The van der Waals surface area contributed by atoms with E-state index in [9.17, 15) is 4.79 Å². The van der Waals surface area contributed by atoms with E-state index in [1.165, 1.54) is 0 Å². The van der Waals surface area contributed by atoms with Gasteiger partial charge in [0.2, 0.25) is 0 Å². The first-order valence-corrected chi connectivity index (χ1v) is 10.2. The van der Waals surface area contributed by atoms with Gasteiger partial charge in [0.05, 0.1) is 30.8 Å². The fourth-order valence-corrected chi connectivity index (χ4v) is 3.91. The molecule has 2 aliphatic heterocycles. The Bertz CT molecular complexity index is 813. The number of rotatable bonds is 6. The molecule has 1 atom stereocenters. The Morgan fingerprint density at radius 1 is 1.17 bits per heavy atom. The molecule has 29 heavy (non-hydrogen) atoms. The first-order valence-electron chi connectivity index (χ1n) is 10.2. The topological polar surface area (TPSA) is 66.9 Å². The number of carbonyl (C=O) groups is 1. The summed E-state index contributed by atoms with van der Waals surface area (Å²) in [5.74, 6) is 0.758. The minimum Gasteiger partial charge on any atom is -0.495 e. The predicted octanol–water partition coefficient (Wildman–Crippen LogP) is 2.33. The number of anilines is 2. The number of ether oxygens (including phenoxy) is 2. The molecule has 154 valence electrons. The summed E-state index contributed by atoms with van der Waals surface area (Å²) in [5, 5.41) is 2.92. The van der Waals surface area contributed by atoms with Crippen molar-refractivity contribution in [3.05, 3.63) is 48.3 Å². The normalized spacial score (nSPS) is 19.3. The Kier molecular flexibility index (Phi) is 6.14. The Balaban J connectivity index is 1.31. The fraction of sp³-hybridized carbons (Fsp3) is 0.455. The molecule has 7 heteroatoms. The number of methoxy groups -OCH3 is 1. The van der Waals surface area contributed by atoms with Crippen molar-refractivity contribution in [1.29, 1.82) is 0 Å². The van der Waals surface area contributed by atoms with Crippen LogP contribution in [0.25, 0.3) is 0 Å². The van der Waals surface area contributed by atoms with Gasteiger partial charge < -0.3 is 24.6 Å². The Hall–Kier alpha value is -2.80. The van der Waals surface area contributed by atoms with E-state index in [0.717, 1.165) is 62.8 Å². The Morgan fingerprint density at radius 2 is 1.97 bits per heavy atom. The molecule has 1 aromatic heterocycles. The number of hydrogen-bond donors (Lipinski definition) is 1. The summed E-state index contributed by atoms with van der Waals surface area (Å²) in [7, 11) is 1.71. The zero-order valence-electron chi connectivity index (χ0n) is 16.8. The lowest BCUT2D eigenvalue weighted by Crippen LogP contribution is -2.46. The van der Waals surface area contributed by atoms with Crippen molar-refractivity contribution in [2.24, 2.45) is 0 Å². The quantitative estimate of drug-likeness (QED) is 0.808. The summed E-state index contributed by atoms with van der Waals surface area (Å²) < 4.78 is 11.0. The van der Waals surface area contributed by atoms with E-state index in [-0.39, 0.29) is 12.0 Å². The lowest BCUT2D eigenvalue weighted by Gasteiger charge is -2.37. The molecule has 7 nitrogen and oxygen atoms in total. The van der Waals surface area contributed by atoms with Crippen LogP contribution in [-0.2, 0) is 4.74 Å². The number of hydrogen-bond acceptors (Lipinski definition) is 6. The highest BCUT2D eigenvalue weighted by atomic mass is 16.5. The fourth-order valence-electron chi connectivity index (χ4n) is 3.91. The predicted molar refractivity (Wildman–Crippen MR) is 113 cm³/mol. The third-order valence-electron chi connectivity index (χ3n) is 5.57. The largest absolute Gasteiger partial charge is 0.495 e. The molecule has 0 spiro atoms. The van der Waals surface area contributed by atoms with E-state index in [1.807, 2.05) is 24.3 Å². The summed E-state index contributed by atoms with van der Waals surface area (Å²) in [4.78, 5) is 21.3. The number of benzene rings is 1. The molecule has 0 aliphatic carbocycles. The van der Waals surface area contributed by atoms with Crippen molar-refractivity contribution < 1.29 is 14.3 Å². The van der Waals surface area contributed by atoms with Crippen LogP contribution in [0.1, 0.15) is 23.3 Å². The van der Waals surface area contributed by atoms with E-state index < -0.39 is 0 Å². The number of aromatic nitrogens is 1. The Morgan fingerprint density at radius 3 is 2.66 bits per heavy atom. The van der Waals surface area contributed by atoms with E-state index in [2.05, 4.69) is 26.2 Å². The highest BCUT2D eigenvalue weighted by molar-refractivity contribution is 5.92. The minimum absolute atomic E-state index is 0.137. The molecule has 4 rings (SSSR count). The maximum absolute atomic E-state index is 12.3. The van der Waals surface area contributed by atoms with E-state index in [4.69, 9.17) is 9.47 Å². The molecule has 2 aromatic rings. The maximum Gasteiger partial charge on any atom is 0.269 e. The van der Waals surface area contributed by atoms with Gasteiger partial charge in [0, 0.05) is 39.3 Å². The average molecular weight is 396 g/mol. The molecule has 0 radical (unpaired) electrons. The van der Waals surface area contributed by atoms with Crippen LogP contribution in [0.3, 0.4) is 0 Å². The van der Waals surface area contributed by atoms with Gasteiger partial charge in [0.1, 0.15) is 11.4 Å². The number of amides is 1. The minimum atomic E-state index is -0.145. The zero-order valence-corrected chi connectivity index (χ0v) is 16.8. The number of nitrogens with one attached hydrogen (secondary N) is 1. The van der Waals surface area contributed by atoms with Crippen molar-refractivity contribution in [1.82, 2.24) is 10.3 Å². The van der Waals surface area contributed by atoms with Crippen LogP contribution in [0.15, 0.2) is 42.6 Å². The second-order valence-electron chi connectivity index (χ2n) is 7.39. The third kappa shape index (κ3) is 4.62. The molecule has 3 heterocycles. The van der Waals surface area contributed by atoms with Gasteiger partial charge in [-0.3, -0.25) is 4.79 Å². The number of piperazine rings is 1. The second-order valence-corrected chi connectivity index (χ2v) is 7.39. The second kappa shape index (κ2) is 9.13. The summed E-state index contributed by atoms with van der Waals surface area (Å²) in [6.45, 7) is 4.94. The van der Waals surface area contributed by atoms with Gasteiger partial charge in [0.25, 0.3) is 5.91 Å². The molecule has 1 unspecified atom stereocenters. The van der Waals surface area contributed by atoms with Crippen molar-refractivity contribution >= 4 is 17.3 Å². The summed E-state index contributed by atoms with van der Waals surface area (Å²) in [6, 6.07) is 11.9. The van der Waals surface area contributed by atoms with Crippen LogP contribution in [0.2, 0.25) is 0 Å². The van der Waals surface area contributed by atoms with Crippen molar-refractivity contribution in [3.8, 4) is 5.75 Å². The first-order chi connectivity index (χ1) is 14.2. The van der Waals surface area contributed by atoms with Crippen LogP contribution >= 0.6 is 0 Å². The number of para-hydroxylation sites is 2. The molecule has 1 aromatic carbocycles. The van der Waals surface area contributed by atoms with Crippen LogP contribution in [0, 0.1) is 0 Å². The SMILES string of the molecule is COc1ccccc1N1CCN(c2ccc(C(=O)NCC3CCCO3)nc2)CC1.